The lowest BCUT2D eigenvalue weighted by Gasteiger charge is -2.32. The Bertz CT molecular complexity index is 540. The SMILES string of the molecule is CCOc1cccc(N2CC(=O)NC(C3CC3)C2=O)c1. The summed E-state index contributed by atoms with van der Waals surface area (Å²) in [6, 6.07) is 6.98. The Hall–Kier alpha value is -2.04. The zero-order chi connectivity index (χ0) is 14.1. The number of rotatable bonds is 4. The van der Waals surface area contributed by atoms with E-state index >= 15 is 0 Å². The molecular weight excluding hydrogens is 256 g/mol. The van der Waals surface area contributed by atoms with Gasteiger partial charge in [0.1, 0.15) is 18.3 Å². The highest BCUT2D eigenvalue weighted by Gasteiger charge is 2.43. The standard InChI is InChI=1S/C15H18N2O3/c1-2-20-12-5-3-4-11(8-12)17-9-13(18)16-14(15(17)19)10-6-7-10/h3-5,8,10,14H,2,6-7,9H2,1H3,(H,16,18). The average Bonchev–Trinajstić information content (AvgIpc) is 3.26. The molecule has 1 atom stereocenters. The van der Waals surface area contributed by atoms with E-state index in [1.54, 1.807) is 4.90 Å². The fraction of sp³-hybridized carbons (Fsp3) is 0.467. The number of anilines is 1. The molecule has 0 spiro atoms. The summed E-state index contributed by atoms with van der Waals surface area (Å²) in [7, 11) is 0. The Morgan fingerprint density at radius 1 is 1.35 bits per heavy atom. The van der Waals surface area contributed by atoms with E-state index in [0.717, 1.165) is 18.5 Å². The van der Waals surface area contributed by atoms with Crippen LogP contribution < -0.4 is 15.0 Å². The van der Waals surface area contributed by atoms with E-state index in [-0.39, 0.29) is 24.4 Å². The van der Waals surface area contributed by atoms with Gasteiger partial charge in [-0.25, -0.2) is 0 Å². The molecule has 1 N–H and O–H groups in total. The van der Waals surface area contributed by atoms with E-state index in [2.05, 4.69) is 5.32 Å². The van der Waals surface area contributed by atoms with E-state index in [4.69, 9.17) is 4.74 Å². The maximum absolute atomic E-state index is 12.5. The van der Waals surface area contributed by atoms with Crippen molar-refractivity contribution < 1.29 is 14.3 Å². The molecule has 5 heteroatoms. The molecule has 1 aliphatic heterocycles. The van der Waals surface area contributed by atoms with Gasteiger partial charge in [-0.2, -0.15) is 0 Å². The van der Waals surface area contributed by atoms with Crippen LogP contribution in [-0.4, -0.2) is 31.0 Å². The first-order valence-corrected chi connectivity index (χ1v) is 7.02. The first-order chi connectivity index (χ1) is 9.69. The Morgan fingerprint density at radius 3 is 2.85 bits per heavy atom. The summed E-state index contributed by atoms with van der Waals surface area (Å²) in [6.07, 6.45) is 2.03. The number of nitrogens with zero attached hydrogens (tertiary/aromatic N) is 1. The molecule has 2 aliphatic rings. The summed E-state index contributed by atoms with van der Waals surface area (Å²) < 4.78 is 5.45. The van der Waals surface area contributed by atoms with Gasteiger partial charge in [-0.15, -0.1) is 0 Å². The van der Waals surface area contributed by atoms with Crippen LogP contribution in [0, 0.1) is 5.92 Å². The second kappa shape index (κ2) is 5.15. The summed E-state index contributed by atoms with van der Waals surface area (Å²) in [6.45, 7) is 2.56. The van der Waals surface area contributed by atoms with E-state index in [0.29, 0.717) is 18.3 Å². The lowest BCUT2D eigenvalue weighted by Crippen LogP contribution is -2.59. The minimum Gasteiger partial charge on any atom is -0.494 e. The van der Waals surface area contributed by atoms with E-state index in [9.17, 15) is 9.59 Å². The van der Waals surface area contributed by atoms with Gasteiger partial charge in [-0.3, -0.25) is 9.59 Å². The molecule has 20 heavy (non-hydrogen) atoms. The molecule has 1 heterocycles. The van der Waals surface area contributed by atoms with Crippen molar-refractivity contribution in [1.29, 1.82) is 0 Å². The van der Waals surface area contributed by atoms with Gasteiger partial charge in [0.15, 0.2) is 0 Å². The molecule has 1 aromatic rings. The van der Waals surface area contributed by atoms with Gasteiger partial charge in [0, 0.05) is 11.8 Å². The summed E-state index contributed by atoms with van der Waals surface area (Å²) in [5, 5.41) is 2.81. The summed E-state index contributed by atoms with van der Waals surface area (Å²) >= 11 is 0. The zero-order valence-corrected chi connectivity index (χ0v) is 11.5. The van der Waals surface area contributed by atoms with Crippen LogP contribution in [0.5, 0.6) is 5.75 Å². The van der Waals surface area contributed by atoms with Crippen molar-refractivity contribution in [2.24, 2.45) is 5.92 Å². The van der Waals surface area contributed by atoms with E-state index in [1.807, 2.05) is 31.2 Å². The number of carbonyl (C=O) groups excluding carboxylic acids is 2. The second-order valence-electron chi connectivity index (χ2n) is 5.24. The molecular formula is C15H18N2O3. The maximum atomic E-state index is 12.5. The molecule has 1 aromatic carbocycles. The van der Waals surface area contributed by atoms with Gasteiger partial charge in [-0.05, 0) is 37.8 Å². The van der Waals surface area contributed by atoms with Gasteiger partial charge in [0.05, 0.1) is 6.61 Å². The van der Waals surface area contributed by atoms with Gasteiger partial charge in [0.25, 0.3) is 0 Å². The van der Waals surface area contributed by atoms with Crippen molar-refractivity contribution in [1.82, 2.24) is 5.32 Å². The van der Waals surface area contributed by atoms with Crippen molar-refractivity contribution in [3.05, 3.63) is 24.3 Å². The lowest BCUT2D eigenvalue weighted by molar-refractivity contribution is -0.131. The third-order valence-electron chi connectivity index (χ3n) is 3.68. The van der Waals surface area contributed by atoms with Gasteiger partial charge < -0.3 is 15.0 Å². The third kappa shape index (κ3) is 2.48. The van der Waals surface area contributed by atoms with Crippen LogP contribution in [-0.2, 0) is 9.59 Å². The number of ether oxygens (including phenoxy) is 1. The number of carbonyl (C=O) groups is 2. The van der Waals surface area contributed by atoms with Crippen molar-refractivity contribution in [2.45, 2.75) is 25.8 Å². The molecule has 0 aromatic heterocycles. The normalized spacial score (nSPS) is 22.6. The van der Waals surface area contributed by atoms with Gasteiger partial charge in [0.2, 0.25) is 11.8 Å². The monoisotopic (exact) mass is 274 g/mol. The Balaban J connectivity index is 1.85. The minimum atomic E-state index is -0.355. The largest absolute Gasteiger partial charge is 0.494 e. The molecule has 5 nitrogen and oxygen atoms in total. The molecule has 2 amide bonds. The minimum absolute atomic E-state index is 0.0132. The number of benzene rings is 1. The molecule has 106 valence electrons. The molecule has 1 saturated carbocycles. The lowest BCUT2D eigenvalue weighted by atomic mass is 10.1. The second-order valence-corrected chi connectivity index (χ2v) is 5.24. The predicted octanol–water partition coefficient (Wildman–Crippen LogP) is 1.33. The van der Waals surface area contributed by atoms with Crippen LogP contribution in [0.15, 0.2) is 24.3 Å². The fourth-order valence-corrected chi connectivity index (χ4v) is 2.55. The van der Waals surface area contributed by atoms with Crippen LogP contribution in [0.25, 0.3) is 0 Å². The number of nitrogens with one attached hydrogen (secondary N) is 1. The summed E-state index contributed by atoms with van der Waals surface area (Å²) in [4.78, 5) is 25.9. The number of hydrogen-bond acceptors (Lipinski definition) is 3. The molecule has 1 saturated heterocycles. The van der Waals surface area contributed by atoms with Crippen LogP contribution in [0.2, 0.25) is 0 Å². The van der Waals surface area contributed by atoms with Crippen LogP contribution in [0.1, 0.15) is 19.8 Å². The summed E-state index contributed by atoms with van der Waals surface area (Å²) in [5.41, 5.74) is 0.724. The molecule has 0 radical (unpaired) electrons. The molecule has 1 aliphatic carbocycles. The van der Waals surface area contributed by atoms with Crippen LogP contribution in [0.3, 0.4) is 0 Å². The Morgan fingerprint density at radius 2 is 2.15 bits per heavy atom. The molecule has 2 fully saturated rings. The summed E-state index contributed by atoms with van der Waals surface area (Å²) in [5.74, 6) is 0.917. The van der Waals surface area contributed by atoms with Crippen molar-refractivity contribution in [2.75, 3.05) is 18.1 Å². The van der Waals surface area contributed by atoms with Gasteiger partial charge in [-0.1, -0.05) is 6.07 Å². The van der Waals surface area contributed by atoms with Gasteiger partial charge >= 0.3 is 0 Å². The number of amides is 2. The molecule has 3 rings (SSSR count). The first-order valence-electron chi connectivity index (χ1n) is 7.02. The van der Waals surface area contributed by atoms with E-state index < -0.39 is 0 Å². The van der Waals surface area contributed by atoms with Crippen molar-refractivity contribution in [3.8, 4) is 5.75 Å². The highest BCUT2D eigenvalue weighted by molar-refractivity contribution is 6.06. The Kier molecular flexibility index (Phi) is 3.34. The smallest absolute Gasteiger partial charge is 0.250 e. The molecule has 0 bridgehead atoms. The van der Waals surface area contributed by atoms with Crippen LogP contribution >= 0.6 is 0 Å². The molecule has 1 unspecified atom stereocenters. The maximum Gasteiger partial charge on any atom is 0.250 e. The third-order valence-corrected chi connectivity index (χ3v) is 3.68. The number of piperazine rings is 1. The highest BCUT2D eigenvalue weighted by Crippen LogP contribution is 2.35. The quantitative estimate of drug-likeness (QED) is 0.901. The van der Waals surface area contributed by atoms with E-state index in [1.165, 1.54) is 0 Å². The van der Waals surface area contributed by atoms with Crippen molar-refractivity contribution in [3.63, 3.8) is 0 Å². The predicted molar refractivity (Wildman–Crippen MR) is 74.6 cm³/mol. The topological polar surface area (TPSA) is 58.6 Å². The average molecular weight is 274 g/mol. The van der Waals surface area contributed by atoms with Crippen LogP contribution in [0.4, 0.5) is 5.69 Å². The highest BCUT2D eigenvalue weighted by atomic mass is 16.5. The number of hydrogen-bond donors (Lipinski definition) is 1. The Labute approximate surface area is 117 Å². The zero-order valence-electron chi connectivity index (χ0n) is 11.5. The first kappa shape index (κ1) is 13.0. The fourth-order valence-electron chi connectivity index (χ4n) is 2.55. The van der Waals surface area contributed by atoms with Crippen molar-refractivity contribution >= 4 is 17.5 Å².